The maximum Gasteiger partial charge on any atom is 0.127 e. The molecule has 0 radical (unpaired) electrons. The molecule has 0 saturated heterocycles. The van der Waals surface area contributed by atoms with Crippen LogP contribution < -0.4 is 0 Å². The lowest BCUT2D eigenvalue weighted by Crippen LogP contribution is -2.08. The number of aromatic hydroxyl groups is 2. The van der Waals surface area contributed by atoms with E-state index >= 15 is 0 Å². The lowest BCUT2D eigenvalue weighted by Gasteiger charge is -2.25. The van der Waals surface area contributed by atoms with Gasteiger partial charge in [-0.05, 0) is 38.2 Å². The summed E-state index contributed by atoms with van der Waals surface area (Å²) in [6.07, 6.45) is 3.03. The fraction of sp³-hybridized carbons (Fsp3) is 0.375. The predicted molar refractivity (Wildman–Crippen MR) is 73.4 cm³/mol. The lowest BCUT2D eigenvalue weighted by molar-refractivity contribution is 0.438. The van der Waals surface area contributed by atoms with Gasteiger partial charge in [0.1, 0.15) is 11.5 Å². The van der Waals surface area contributed by atoms with Crippen LogP contribution in [0.2, 0.25) is 0 Å². The highest BCUT2D eigenvalue weighted by molar-refractivity contribution is 5.96. The minimum Gasteiger partial charge on any atom is -0.507 e. The van der Waals surface area contributed by atoms with Crippen LogP contribution >= 0.6 is 0 Å². The normalized spacial score (nSPS) is 18.9. The molecule has 2 aromatic carbocycles. The standard InChI is InChI=1S/C16H18O2/c1-9-6-7-11-13(8-9)16(18)14-10(2)4-3-5-12(14)15(11)17/h6-8,10,17-18H,3-5H2,1-2H3. The Kier molecular flexibility index (Phi) is 2.47. The molecule has 0 aliphatic heterocycles. The van der Waals surface area contributed by atoms with Crippen molar-refractivity contribution in [1.29, 1.82) is 0 Å². The Balaban J connectivity index is 2.44. The Morgan fingerprint density at radius 2 is 1.89 bits per heavy atom. The zero-order chi connectivity index (χ0) is 12.9. The summed E-state index contributed by atoms with van der Waals surface area (Å²) in [5.74, 6) is 1.06. The molecule has 1 aliphatic carbocycles. The van der Waals surface area contributed by atoms with Crippen LogP contribution in [0, 0.1) is 6.92 Å². The highest BCUT2D eigenvalue weighted by atomic mass is 16.3. The van der Waals surface area contributed by atoms with Crippen LogP contribution in [0.5, 0.6) is 11.5 Å². The van der Waals surface area contributed by atoms with E-state index in [0.717, 1.165) is 46.7 Å². The third kappa shape index (κ3) is 1.48. The molecule has 0 fully saturated rings. The molecule has 2 heteroatoms. The number of benzene rings is 2. The minimum atomic E-state index is 0.324. The second-order valence-electron chi connectivity index (χ2n) is 5.43. The zero-order valence-corrected chi connectivity index (χ0v) is 10.8. The molecule has 0 bridgehead atoms. The van der Waals surface area contributed by atoms with Crippen LogP contribution in [0.25, 0.3) is 10.8 Å². The quantitative estimate of drug-likeness (QED) is 0.685. The van der Waals surface area contributed by atoms with Gasteiger partial charge in [-0.25, -0.2) is 0 Å². The maximum absolute atomic E-state index is 10.5. The van der Waals surface area contributed by atoms with Crippen molar-refractivity contribution in [3.63, 3.8) is 0 Å². The molecule has 0 saturated carbocycles. The van der Waals surface area contributed by atoms with E-state index in [1.54, 1.807) is 0 Å². The third-order valence-corrected chi connectivity index (χ3v) is 4.11. The molecular weight excluding hydrogens is 224 g/mol. The Bertz CT molecular complexity index is 629. The monoisotopic (exact) mass is 242 g/mol. The molecule has 2 N–H and O–H groups in total. The fourth-order valence-electron chi connectivity index (χ4n) is 3.15. The van der Waals surface area contributed by atoms with Crippen molar-refractivity contribution in [2.75, 3.05) is 0 Å². The van der Waals surface area contributed by atoms with Gasteiger partial charge in [-0.2, -0.15) is 0 Å². The van der Waals surface area contributed by atoms with Gasteiger partial charge in [0.25, 0.3) is 0 Å². The molecule has 0 aromatic heterocycles. The average Bonchev–Trinajstić information content (AvgIpc) is 2.35. The van der Waals surface area contributed by atoms with Crippen molar-refractivity contribution >= 4 is 10.8 Å². The van der Waals surface area contributed by atoms with E-state index in [1.165, 1.54) is 0 Å². The summed E-state index contributed by atoms with van der Waals surface area (Å²) in [7, 11) is 0. The summed E-state index contributed by atoms with van der Waals surface area (Å²) in [5.41, 5.74) is 3.00. The SMILES string of the molecule is Cc1ccc2c(O)c3c(c(O)c2c1)C(C)CCC3. The topological polar surface area (TPSA) is 40.5 Å². The first-order valence-corrected chi connectivity index (χ1v) is 6.56. The van der Waals surface area contributed by atoms with E-state index < -0.39 is 0 Å². The summed E-state index contributed by atoms with van der Waals surface area (Å²) in [6, 6.07) is 5.82. The first kappa shape index (κ1) is 11.4. The first-order chi connectivity index (χ1) is 8.59. The van der Waals surface area contributed by atoms with E-state index in [4.69, 9.17) is 0 Å². The van der Waals surface area contributed by atoms with Gasteiger partial charge in [0, 0.05) is 21.9 Å². The summed E-state index contributed by atoms with van der Waals surface area (Å²) in [5, 5.41) is 22.5. The number of fused-ring (bicyclic) bond motifs is 2. The number of phenolic OH excluding ortho intramolecular Hbond substituents is 2. The van der Waals surface area contributed by atoms with Crippen molar-refractivity contribution < 1.29 is 10.2 Å². The van der Waals surface area contributed by atoms with Gasteiger partial charge in [0.15, 0.2) is 0 Å². The van der Waals surface area contributed by atoms with Crippen LogP contribution in [-0.4, -0.2) is 10.2 Å². The molecule has 2 nitrogen and oxygen atoms in total. The third-order valence-electron chi connectivity index (χ3n) is 4.11. The van der Waals surface area contributed by atoms with Gasteiger partial charge in [0.05, 0.1) is 0 Å². The van der Waals surface area contributed by atoms with Gasteiger partial charge in [-0.1, -0.05) is 24.6 Å². The predicted octanol–water partition coefficient (Wildman–Crippen LogP) is 4.00. The van der Waals surface area contributed by atoms with Crippen LogP contribution in [-0.2, 0) is 6.42 Å². The number of hydrogen-bond acceptors (Lipinski definition) is 2. The van der Waals surface area contributed by atoms with E-state index in [-0.39, 0.29) is 0 Å². The van der Waals surface area contributed by atoms with Crippen molar-refractivity contribution in [3.05, 3.63) is 34.9 Å². The van der Waals surface area contributed by atoms with Crippen molar-refractivity contribution in [3.8, 4) is 11.5 Å². The Morgan fingerprint density at radius 3 is 2.67 bits per heavy atom. The van der Waals surface area contributed by atoms with E-state index in [2.05, 4.69) is 6.92 Å². The minimum absolute atomic E-state index is 0.324. The van der Waals surface area contributed by atoms with Crippen molar-refractivity contribution in [1.82, 2.24) is 0 Å². The van der Waals surface area contributed by atoms with E-state index in [1.807, 2.05) is 25.1 Å². The van der Waals surface area contributed by atoms with Gasteiger partial charge < -0.3 is 10.2 Å². The molecule has 1 unspecified atom stereocenters. The summed E-state index contributed by atoms with van der Waals surface area (Å²) >= 11 is 0. The second-order valence-corrected chi connectivity index (χ2v) is 5.43. The van der Waals surface area contributed by atoms with Gasteiger partial charge in [-0.15, -0.1) is 0 Å². The van der Waals surface area contributed by atoms with Crippen LogP contribution in [0.4, 0.5) is 0 Å². The van der Waals surface area contributed by atoms with E-state index in [0.29, 0.717) is 17.4 Å². The smallest absolute Gasteiger partial charge is 0.127 e. The van der Waals surface area contributed by atoms with Crippen LogP contribution in [0.15, 0.2) is 18.2 Å². The zero-order valence-electron chi connectivity index (χ0n) is 10.8. The molecular formula is C16H18O2. The van der Waals surface area contributed by atoms with Crippen LogP contribution in [0.1, 0.15) is 42.4 Å². The molecule has 0 spiro atoms. The Hall–Kier alpha value is -1.70. The maximum atomic E-state index is 10.5. The molecule has 0 amide bonds. The lowest BCUT2D eigenvalue weighted by atomic mass is 9.81. The van der Waals surface area contributed by atoms with Gasteiger partial charge in [0.2, 0.25) is 0 Å². The van der Waals surface area contributed by atoms with Gasteiger partial charge in [-0.3, -0.25) is 0 Å². The van der Waals surface area contributed by atoms with Crippen molar-refractivity contribution in [2.24, 2.45) is 0 Å². The van der Waals surface area contributed by atoms with E-state index in [9.17, 15) is 10.2 Å². The molecule has 94 valence electrons. The molecule has 3 rings (SSSR count). The van der Waals surface area contributed by atoms with Crippen molar-refractivity contribution in [2.45, 2.75) is 39.0 Å². The number of rotatable bonds is 0. The summed E-state index contributed by atoms with van der Waals surface area (Å²) < 4.78 is 0. The highest BCUT2D eigenvalue weighted by Gasteiger charge is 2.25. The number of hydrogen-bond donors (Lipinski definition) is 2. The molecule has 2 aromatic rings. The Labute approximate surface area is 107 Å². The number of phenols is 2. The molecule has 18 heavy (non-hydrogen) atoms. The average molecular weight is 242 g/mol. The van der Waals surface area contributed by atoms with Crippen LogP contribution in [0.3, 0.4) is 0 Å². The molecule has 0 heterocycles. The fourth-order valence-corrected chi connectivity index (χ4v) is 3.15. The highest BCUT2D eigenvalue weighted by Crippen LogP contribution is 2.47. The second kappa shape index (κ2) is 3.91. The Morgan fingerprint density at radius 1 is 1.11 bits per heavy atom. The summed E-state index contributed by atoms with van der Waals surface area (Å²) in [4.78, 5) is 0. The van der Waals surface area contributed by atoms with Gasteiger partial charge >= 0.3 is 0 Å². The number of aryl methyl sites for hydroxylation is 1. The first-order valence-electron chi connectivity index (χ1n) is 6.56. The summed E-state index contributed by atoms with van der Waals surface area (Å²) in [6.45, 7) is 4.12. The molecule has 1 aliphatic rings. The largest absolute Gasteiger partial charge is 0.507 e. The molecule has 1 atom stereocenters.